The lowest BCUT2D eigenvalue weighted by atomic mass is 10.1. The first-order chi connectivity index (χ1) is 21.6. The number of likely N-dealkylation sites (tertiary alicyclic amines) is 2. The maximum absolute atomic E-state index is 12.3. The van der Waals surface area contributed by atoms with E-state index in [-0.39, 0.29) is 0 Å². The van der Waals surface area contributed by atoms with Crippen LogP contribution in [0.4, 0.5) is 0 Å². The molecule has 6 heteroatoms. The van der Waals surface area contributed by atoms with Crippen LogP contribution in [0, 0.1) is 0 Å². The highest BCUT2D eigenvalue weighted by molar-refractivity contribution is 5.78. The second-order valence-corrected chi connectivity index (χ2v) is 14.0. The molecule has 2 amide bonds. The average molecular weight is 619 g/mol. The number of nitrogens with zero attached hydrogens (tertiary/aromatic N) is 4. The number of carbonyl (C=O) groups excluding carboxylic acids is 2. The lowest BCUT2D eigenvalue weighted by molar-refractivity contribution is -0.128. The molecule has 0 radical (unpaired) electrons. The zero-order valence-corrected chi connectivity index (χ0v) is 29.6. The van der Waals surface area contributed by atoms with Gasteiger partial charge < -0.3 is 19.6 Å². The normalized spacial score (nSPS) is 15.6. The standard InChI is InChI=1S/C38H74N4O2/c1-3-5-7-9-11-13-15-17-19-21-27-39(33-35-41-29-23-25-37(41)43)31-32-40(34-36-42-30-24-26-38(42)44)28-22-20-18-16-14-12-10-8-6-4-2/h3-36H2,1-2H3. The molecular formula is C38H74N4O2. The maximum atomic E-state index is 12.3. The minimum atomic E-state index is 0.349. The Morgan fingerprint density at radius 3 is 1.05 bits per heavy atom. The van der Waals surface area contributed by atoms with Crippen LogP contribution in [0.3, 0.4) is 0 Å². The smallest absolute Gasteiger partial charge is 0.222 e. The van der Waals surface area contributed by atoms with E-state index in [4.69, 9.17) is 0 Å². The lowest BCUT2D eigenvalue weighted by Gasteiger charge is -2.30. The first kappa shape index (κ1) is 39.0. The minimum absolute atomic E-state index is 0.349. The summed E-state index contributed by atoms with van der Waals surface area (Å²) in [5.74, 6) is 0.698. The molecule has 0 aromatic carbocycles. The molecule has 2 heterocycles. The summed E-state index contributed by atoms with van der Waals surface area (Å²) in [4.78, 5) is 34.0. The molecule has 6 nitrogen and oxygen atoms in total. The number of rotatable bonds is 31. The van der Waals surface area contributed by atoms with E-state index in [1.807, 2.05) is 0 Å². The highest BCUT2D eigenvalue weighted by Gasteiger charge is 2.22. The van der Waals surface area contributed by atoms with Crippen molar-refractivity contribution in [3.8, 4) is 0 Å². The van der Waals surface area contributed by atoms with E-state index in [9.17, 15) is 9.59 Å². The number of hydrogen-bond donors (Lipinski definition) is 0. The Bertz CT molecular complexity index is 644. The van der Waals surface area contributed by atoms with Gasteiger partial charge in [-0.3, -0.25) is 9.59 Å². The highest BCUT2D eigenvalue weighted by Crippen LogP contribution is 2.14. The summed E-state index contributed by atoms with van der Waals surface area (Å²) >= 11 is 0. The Hall–Kier alpha value is -1.14. The minimum Gasteiger partial charge on any atom is -0.341 e. The topological polar surface area (TPSA) is 47.1 Å². The van der Waals surface area contributed by atoms with Crippen LogP contribution in [-0.4, -0.2) is 96.9 Å². The van der Waals surface area contributed by atoms with Crippen molar-refractivity contribution in [3.63, 3.8) is 0 Å². The van der Waals surface area contributed by atoms with Crippen LogP contribution in [0.25, 0.3) is 0 Å². The van der Waals surface area contributed by atoms with Crippen molar-refractivity contribution in [1.82, 2.24) is 19.6 Å². The quantitative estimate of drug-likeness (QED) is 0.0730. The molecule has 44 heavy (non-hydrogen) atoms. The van der Waals surface area contributed by atoms with Crippen molar-refractivity contribution < 1.29 is 9.59 Å². The Morgan fingerprint density at radius 2 is 0.750 bits per heavy atom. The summed E-state index contributed by atoms with van der Waals surface area (Å²) < 4.78 is 0. The van der Waals surface area contributed by atoms with Gasteiger partial charge in [-0.25, -0.2) is 0 Å². The second kappa shape index (κ2) is 27.0. The Morgan fingerprint density at radius 1 is 0.432 bits per heavy atom. The number of hydrogen-bond acceptors (Lipinski definition) is 4. The van der Waals surface area contributed by atoms with Crippen molar-refractivity contribution in [2.24, 2.45) is 0 Å². The monoisotopic (exact) mass is 619 g/mol. The maximum Gasteiger partial charge on any atom is 0.222 e. The molecule has 2 saturated heterocycles. The number of amides is 2. The first-order valence-electron chi connectivity index (χ1n) is 19.6. The fourth-order valence-electron chi connectivity index (χ4n) is 7.00. The Labute approximate surface area is 274 Å². The van der Waals surface area contributed by atoms with E-state index in [1.54, 1.807) is 0 Å². The van der Waals surface area contributed by atoms with Gasteiger partial charge in [0, 0.05) is 65.2 Å². The second-order valence-electron chi connectivity index (χ2n) is 14.0. The summed E-state index contributed by atoms with van der Waals surface area (Å²) in [5.41, 5.74) is 0. The molecule has 0 atom stereocenters. The van der Waals surface area contributed by atoms with Crippen molar-refractivity contribution in [2.45, 2.75) is 168 Å². The van der Waals surface area contributed by atoms with Crippen LogP contribution in [-0.2, 0) is 9.59 Å². The summed E-state index contributed by atoms with van der Waals surface area (Å²) in [5, 5.41) is 0. The summed E-state index contributed by atoms with van der Waals surface area (Å²) in [6.07, 6.45) is 30.9. The van der Waals surface area contributed by atoms with Crippen molar-refractivity contribution >= 4 is 11.8 Å². The zero-order valence-electron chi connectivity index (χ0n) is 29.6. The van der Waals surface area contributed by atoms with Crippen LogP contribution in [0.5, 0.6) is 0 Å². The molecule has 0 unspecified atom stereocenters. The molecule has 0 spiro atoms. The van der Waals surface area contributed by atoms with Gasteiger partial charge in [0.1, 0.15) is 0 Å². The van der Waals surface area contributed by atoms with Crippen LogP contribution in [0.15, 0.2) is 0 Å². The van der Waals surface area contributed by atoms with E-state index in [2.05, 4.69) is 33.4 Å². The molecule has 0 aromatic rings. The third-order valence-electron chi connectivity index (χ3n) is 10.1. The van der Waals surface area contributed by atoms with E-state index < -0.39 is 0 Å². The molecule has 2 fully saturated rings. The predicted molar refractivity (Wildman–Crippen MR) is 188 cm³/mol. The van der Waals surface area contributed by atoms with Crippen molar-refractivity contribution in [2.75, 3.05) is 65.4 Å². The zero-order chi connectivity index (χ0) is 31.5. The van der Waals surface area contributed by atoms with Crippen LogP contribution in [0.2, 0.25) is 0 Å². The third-order valence-corrected chi connectivity index (χ3v) is 10.1. The van der Waals surface area contributed by atoms with E-state index in [0.29, 0.717) is 11.8 Å². The fourth-order valence-corrected chi connectivity index (χ4v) is 7.00. The molecule has 2 rings (SSSR count). The van der Waals surface area contributed by atoms with Crippen LogP contribution < -0.4 is 0 Å². The SMILES string of the molecule is CCCCCCCCCCCCN(CCN(CCCCCCCCCCCC)CCN1CCCC1=O)CCN1CCCC1=O. The van der Waals surface area contributed by atoms with Crippen LogP contribution >= 0.6 is 0 Å². The molecule has 2 aliphatic rings. The third kappa shape index (κ3) is 19.4. The van der Waals surface area contributed by atoms with E-state index >= 15 is 0 Å². The molecule has 0 bridgehead atoms. The molecule has 2 aliphatic heterocycles. The average Bonchev–Trinajstić information content (AvgIpc) is 3.64. The fraction of sp³-hybridized carbons (Fsp3) is 0.947. The highest BCUT2D eigenvalue weighted by atomic mass is 16.2. The van der Waals surface area contributed by atoms with Gasteiger partial charge >= 0.3 is 0 Å². The number of unbranched alkanes of at least 4 members (excludes halogenated alkanes) is 18. The summed E-state index contributed by atoms with van der Waals surface area (Å²) in [6.45, 7) is 14.7. The van der Waals surface area contributed by atoms with Gasteiger partial charge in [-0.15, -0.1) is 0 Å². The molecule has 258 valence electrons. The van der Waals surface area contributed by atoms with Gasteiger partial charge in [-0.05, 0) is 38.8 Å². The summed E-state index contributed by atoms with van der Waals surface area (Å²) in [6, 6.07) is 0. The molecular weight excluding hydrogens is 544 g/mol. The Kier molecular flexibility index (Phi) is 24.0. The molecule has 0 N–H and O–H groups in total. The Balaban J connectivity index is 1.75. The van der Waals surface area contributed by atoms with Crippen LogP contribution in [0.1, 0.15) is 168 Å². The number of carbonyl (C=O) groups is 2. The van der Waals surface area contributed by atoms with Crippen molar-refractivity contribution in [3.05, 3.63) is 0 Å². The van der Waals surface area contributed by atoms with Crippen molar-refractivity contribution in [1.29, 1.82) is 0 Å². The predicted octanol–water partition coefficient (Wildman–Crippen LogP) is 8.68. The largest absolute Gasteiger partial charge is 0.341 e. The lowest BCUT2D eigenvalue weighted by Crippen LogP contribution is -2.43. The van der Waals surface area contributed by atoms with E-state index in [0.717, 1.165) is 91.1 Å². The first-order valence-corrected chi connectivity index (χ1v) is 19.6. The van der Waals surface area contributed by atoms with Gasteiger partial charge in [-0.2, -0.15) is 0 Å². The van der Waals surface area contributed by atoms with Gasteiger partial charge in [0.25, 0.3) is 0 Å². The molecule has 0 saturated carbocycles. The van der Waals surface area contributed by atoms with Gasteiger partial charge in [-0.1, -0.05) is 129 Å². The van der Waals surface area contributed by atoms with Gasteiger partial charge in [0.2, 0.25) is 11.8 Å². The molecule has 0 aliphatic carbocycles. The van der Waals surface area contributed by atoms with Gasteiger partial charge in [0.15, 0.2) is 0 Å². The summed E-state index contributed by atoms with van der Waals surface area (Å²) in [7, 11) is 0. The van der Waals surface area contributed by atoms with E-state index in [1.165, 1.54) is 128 Å². The molecule has 0 aromatic heterocycles. The van der Waals surface area contributed by atoms with Gasteiger partial charge in [0.05, 0.1) is 0 Å².